The second-order valence-electron chi connectivity index (χ2n) is 9.01. The second-order valence-corrected chi connectivity index (χ2v) is 13.0. The van der Waals surface area contributed by atoms with Crippen molar-refractivity contribution in [1.82, 2.24) is 4.31 Å². The Bertz CT molecular complexity index is 1100. The van der Waals surface area contributed by atoms with Crippen LogP contribution in [0.4, 0.5) is 0 Å². The molecule has 0 aliphatic carbocycles. The van der Waals surface area contributed by atoms with Crippen LogP contribution < -0.4 is 0 Å². The molecule has 0 unspecified atom stereocenters. The van der Waals surface area contributed by atoms with Crippen molar-refractivity contribution in [3.8, 4) is 0 Å². The van der Waals surface area contributed by atoms with Crippen molar-refractivity contribution < 1.29 is 18.3 Å². The summed E-state index contributed by atoms with van der Waals surface area (Å²) < 4.78 is 30.7. The quantitative estimate of drug-likeness (QED) is 0.220. The summed E-state index contributed by atoms with van der Waals surface area (Å²) in [6, 6.07) is 12.9. The van der Waals surface area contributed by atoms with Crippen molar-refractivity contribution in [3.05, 3.63) is 76.8 Å². The number of aliphatic carboxylic acids is 1. The van der Waals surface area contributed by atoms with E-state index in [0.29, 0.717) is 17.7 Å². The Balaban J connectivity index is 2.18. The third-order valence-electron chi connectivity index (χ3n) is 6.53. The first kappa shape index (κ1) is 28.0. The lowest BCUT2D eigenvalue weighted by Crippen LogP contribution is -2.40. The van der Waals surface area contributed by atoms with Gasteiger partial charge in [0.25, 0.3) is 0 Å². The maximum atomic E-state index is 14.2. The minimum Gasteiger partial charge on any atom is -0.481 e. The number of halogens is 1. The van der Waals surface area contributed by atoms with Gasteiger partial charge >= 0.3 is 5.97 Å². The number of nitrogens with zero attached hydrogens (tertiary/aromatic N) is 1. The van der Waals surface area contributed by atoms with Crippen LogP contribution >= 0.6 is 27.7 Å². The number of hydrogen-bond acceptors (Lipinski definition) is 4. The molecular formula is C27H34BrNO4S2. The first-order valence-electron chi connectivity index (χ1n) is 12.0. The highest BCUT2D eigenvalue weighted by atomic mass is 79.9. The maximum absolute atomic E-state index is 14.2. The number of carbonyl (C=O) groups is 1. The molecule has 1 heterocycles. The van der Waals surface area contributed by atoms with Gasteiger partial charge in [-0.15, -0.1) is 6.58 Å². The van der Waals surface area contributed by atoms with Crippen LogP contribution in [0.2, 0.25) is 0 Å². The van der Waals surface area contributed by atoms with Gasteiger partial charge in [0.05, 0.1) is 16.9 Å². The molecule has 2 aromatic carbocycles. The summed E-state index contributed by atoms with van der Waals surface area (Å²) >= 11 is 4.94. The topological polar surface area (TPSA) is 74.7 Å². The lowest BCUT2D eigenvalue weighted by atomic mass is 9.92. The van der Waals surface area contributed by atoms with E-state index in [2.05, 4.69) is 29.4 Å². The zero-order valence-corrected chi connectivity index (χ0v) is 23.5. The molecular weight excluding hydrogens is 546 g/mol. The largest absolute Gasteiger partial charge is 0.481 e. The zero-order valence-electron chi connectivity index (χ0n) is 20.3. The predicted molar refractivity (Wildman–Crippen MR) is 147 cm³/mol. The Morgan fingerprint density at radius 1 is 1.11 bits per heavy atom. The minimum atomic E-state index is -3.96. The molecule has 4 atom stereocenters. The van der Waals surface area contributed by atoms with Gasteiger partial charge in [-0.3, -0.25) is 4.79 Å². The summed E-state index contributed by atoms with van der Waals surface area (Å²) in [5.74, 6) is -1.29. The monoisotopic (exact) mass is 579 g/mol. The van der Waals surface area contributed by atoms with E-state index in [-0.39, 0.29) is 10.1 Å². The van der Waals surface area contributed by atoms with E-state index in [1.165, 1.54) is 16.1 Å². The third kappa shape index (κ3) is 6.40. The molecule has 1 fully saturated rings. The standard InChI is InChI=1S/C27H34BrNO4S2/c1-4-6-7-8-9-23-26(34-18-5-2)24(27(30)31)25(20-12-14-21(28)15-13-20)29(23)35(32,33)22-16-10-19(3)11-17-22/h5,10-17,23-26H,2,4,6-9,18H2,1,3H3,(H,30,31)/t23-,24+,25+,26-/m1/s1. The fourth-order valence-electron chi connectivity index (χ4n) is 4.84. The van der Waals surface area contributed by atoms with Crippen LogP contribution in [0.25, 0.3) is 0 Å². The molecule has 190 valence electrons. The van der Waals surface area contributed by atoms with Crippen molar-refractivity contribution in [2.24, 2.45) is 5.92 Å². The van der Waals surface area contributed by atoms with Crippen molar-refractivity contribution in [3.63, 3.8) is 0 Å². The van der Waals surface area contributed by atoms with E-state index in [1.54, 1.807) is 30.3 Å². The van der Waals surface area contributed by atoms with Gasteiger partial charge in [0.2, 0.25) is 10.0 Å². The molecule has 0 amide bonds. The summed E-state index contributed by atoms with van der Waals surface area (Å²) in [5.41, 5.74) is 1.66. The molecule has 1 saturated heterocycles. The van der Waals surface area contributed by atoms with Crippen LogP contribution in [0.1, 0.15) is 56.2 Å². The predicted octanol–water partition coefficient (Wildman–Crippen LogP) is 6.83. The highest BCUT2D eigenvalue weighted by molar-refractivity contribution is 9.10. The Kier molecular flexibility index (Phi) is 10.0. The van der Waals surface area contributed by atoms with E-state index >= 15 is 0 Å². The minimum absolute atomic E-state index is 0.197. The first-order chi connectivity index (χ1) is 16.7. The van der Waals surface area contributed by atoms with Crippen molar-refractivity contribution in [2.75, 3.05) is 5.75 Å². The highest BCUT2D eigenvalue weighted by Gasteiger charge is 2.56. The second kappa shape index (κ2) is 12.6. The Labute approximate surface area is 222 Å². The highest BCUT2D eigenvalue weighted by Crippen LogP contribution is 2.50. The van der Waals surface area contributed by atoms with Gasteiger partial charge < -0.3 is 5.11 Å². The number of hydrogen-bond donors (Lipinski definition) is 1. The summed E-state index contributed by atoms with van der Waals surface area (Å²) in [5, 5.41) is 10.0. The molecule has 1 N–H and O–H groups in total. The third-order valence-corrected chi connectivity index (χ3v) is 10.4. The van der Waals surface area contributed by atoms with Gasteiger partial charge in [0.1, 0.15) is 0 Å². The lowest BCUT2D eigenvalue weighted by Gasteiger charge is -2.31. The lowest BCUT2D eigenvalue weighted by molar-refractivity contribution is -0.142. The van der Waals surface area contributed by atoms with E-state index < -0.39 is 34.0 Å². The fourth-order valence-corrected chi connectivity index (χ4v) is 8.37. The molecule has 1 aliphatic heterocycles. The number of thioether (sulfide) groups is 1. The number of benzene rings is 2. The van der Waals surface area contributed by atoms with Gasteiger partial charge in [-0.05, 0) is 43.2 Å². The SMILES string of the molecule is C=CCS[C@H]1[C@@H](C(=O)O)[C@H](c2ccc(Br)cc2)N(S(=O)(=O)c2ccc(C)cc2)[C@@H]1CCCCCC. The summed E-state index contributed by atoms with van der Waals surface area (Å²) in [6.07, 6.45) is 6.36. The number of sulfonamides is 1. The van der Waals surface area contributed by atoms with Gasteiger partial charge in [-0.1, -0.05) is 84.4 Å². The molecule has 0 saturated carbocycles. The zero-order chi connectivity index (χ0) is 25.6. The van der Waals surface area contributed by atoms with E-state index in [9.17, 15) is 18.3 Å². The number of carboxylic acids is 1. The molecule has 5 nitrogen and oxygen atoms in total. The molecule has 0 radical (unpaired) electrons. The normalized spacial score (nSPS) is 22.8. The summed E-state index contributed by atoms with van der Waals surface area (Å²) in [7, 11) is -3.96. The molecule has 0 spiro atoms. The molecule has 0 aromatic heterocycles. The van der Waals surface area contributed by atoms with Gasteiger partial charge in [0.15, 0.2) is 0 Å². The molecule has 2 aromatic rings. The van der Waals surface area contributed by atoms with Crippen LogP contribution in [0, 0.1) is 12.8 Å². The average Bonchev–Trinajstić information content (AvgIpc) is 3.16. The maximum Gasteiger partial charge on any atom is 0.309 e. The Morgan fingerprint density at radius 3 is 2.34 bits per heavy atom. The Hall–Kier alpha value is -1.61. The van der Waals surface area contributed by atoms with E-state index in [1.807, 2.05) is 31.2 Å². The molecule has 1 aliphatic rings. The van der Waals surface area contributed by atoms with Crippen LogP contribution in [0.3, 0.4) is 0 Å². The Morgan fingerprint density at radius 2 is 1.77 bits per heavy atom. The van der Waals surface area contributed by atoms with E-state index in [4.69, 9.17) is 0 Å². The molecule has 0 bridgehead atoms. The molecule has 35 heavy (non-hydrogen) atoms. The van der Waals surface area contributed by atoms with Crippen LogP contribution in [0.15, 0.2) is 70.6 Å². The number of aryl methyl sites for hydroxylation is 1. The molecule has 8 heteroatoms. The van der Waals surface area contributed by atoms with Crippen molar-refractivity contribution in [2.45, 2.75) is 68.2 Å². The van der Waals surface area contributed by atoms with Crippen LogP contribution in [-0.2, 0) is 14.8 Å². The summed E-state index contributed by atoms with van der Waals surface area (Å²) in [6.45, 7) is 7.86. The van der Waals surface area contributed by atoms with Crippen molar-refractivity contribution >= 4 is 43.7 Å². The van der Waals surface area contributed by atoms with Gasteiger partial charge in [-0.2, -0.15) is 16.1 Å². The van der Waals surface area contributed by atoms with Crippen LogP contribution in [0.5, 0.6) is 0 Å². The number of rotatable bonds is 12. The number of unbranched alkanes of at least 4 members (excludes halogenated alkanes) is 3. The number of carboxylic acid groups (broad SMARTS) is 1. The smallest absolute Gasteiger partial charge is 0.309 e. The van der Waals surface area contributed by atoms with E-state index in [0.717, 1.165) is 35.7 Å². The summed E-state index contributed by atoms with van der Waals surface area (Å²) in [4.78, 5) is 12.9. The first-order valence-corrected chi connectivity index (χ1v) is 15.3. The van der Waals surface area contributed by atoms with Gasteiger partial charge in [0, 0.05) is 21.5 Å². The average molecular weight is 581 g/mol. The molecule has 3 rings (SSSR count). The fraction of sp³-hybridized carbons (Fsp3) is 0.444. The van der Waals surface area contributed by atoms with Crippen molar-refractivity contribution in [1.29, 1.82) is 0 Å². The van der Waals surface area contributed by atoms with Crippen LogP contribution in [-0.4, -0.2) is 40.8 Å². The van der Waals surface area contributed by atoms with Gasteiger partial charge in [-0.25, -0.2) is 8.42 Å².